The quantitative estimate of drug-likeness (QED) is 0.627. The van der Waals surface area contributed by atoms with Crippen molar-refractivity contribution >= 4 is 39.1 Å². The van der Waals surface area contributed by atoms with E-state index in [9.17, 15) is 13.2 Å². The Morgan fingerprint density at radius 3 is 2.48 bits per heavy atom. The summed E-state index contributed by atoms with van der Waals surface area (Å²) in [5.41, 5.74) is 1.43. The fraction of sp³-hybridized carbons (Fsp3) is 0.435. The van der Waals surface area contributed by atoms with Crippen molar-refractivity contribution in [2.75, 3.05) is 26.3 Å². The van der Waals surface area contributed by atoms with Crippen molar-refractivity contribution in [2.24, 2.45) is 5.92 Å². The largest absolute Gasteiger partial charge is 0.486 e. The number of hydrogen-bond acceptors (Lipinski definition) is 5. The molecule has 1 saturated heterocycles. The molecule has 2 aromatic carbocycles. The van der Waals surface area contributed by atoms with E-state index in [0.29, 0.717) is 66.3 Å². The first-order chi connectivity index (χ1) is 15.7. The zero-order valence-corrected chi connectivity index (χ0v) is 20.5. The van der Waals surface area contributed by atoms with Crippen LogP contribution >= 0.6 is 23.2 Å². The average Bonchev–Trinajstić information content (AvgIpc) is 2.80. The molecular weight excluding hydrogens is 487 g/mol. The second kappa shape index (κ2) is 10.1. The average molecular weight is 513 g/mol. The van der Waals surface area contributed by atoms with E-state index in [0.717, 1.165) is 5.56 Å². The van der Waals surface area contributed by atoms with Crippen LogP contribution in [0.2, 0.25) is 10.0 Å². The molecule has 0 radical (unpaired) electrons. The SMILES string of the molecule is C[C@H](NC(=O)C1CCN(S(=O)(=O)Cc2ccc(Cl)cc2Cl)CC1)c1ccc2c(c1)OCCO2. The summed E-state index contributed by atoms with van der Waals surface area (Å²) < 4.78 is 38.3. The van der Waals surface area contributed by atoms with Crippen LogP contribution in [0.5, 0.6) is 11.5 Å². The molecule has 2 aliphatic rings. The number of amides is 1. The number of rotatable bonds is 6. The number of piperidine rings is 1. The molecule has 0 bridgehead atoms. The van der Waals surface area contributed by atoms with Gasteiger partial charge in [-0.3, -0.25) is 4.79 Å². The number of benzene rings is 2. The molecule has 2 aromatic rings. The van der Waals surface area contributed by atoms with E-state index in [1.54, 1.807) is 12.1 Å². The summed E-state index contributed by atoms with van der Waals surface area (Å²) in [5.74, 6) is 0.877. The Labute approximate surface area is 204 Å². The molecule has 0 saturated carbocycles. The lowest BCUT2D eigenvalue weighted by Crippen LogP contribution is -2.43. The van der Waals surface area contributed by atoms with Gasteiger partial charge in [0.25, 0.3) is 0 Å². The zero-order valence-electron chi connectivity index (χ0n) is 18.2. The molecule has 0 unspecified atom stereocenters. The smallest absolute Gasteiger partial charge is 0.223 e. The third-order valence-electron chi connectivity index (χ3n) is 6.00. The number of carbonyl (C=O) groups excluding carboxylic acids is 1. The minimum atomic E-state index is -3.55. The number of carbonyl (C=O) groups is 1. The summed E-state index contributed by atoms with van der Waals surface area (Å²) in [6, 6.07) is 10.2. The zero-order chi connectivity index (χ0) is 23.6. The predicted octanol–water partition coefficient (Wildman–Crippen LogP) is 4.18. The maximum absolute atomic E-state index is 12.9. The fourth-order valence-electron chi connectivity index (χ4n) is 4.07. The van der Waals surface area contributed by atoms with Crippen LogP contribution in [0.25, 0.3) is 0 Å². The third kappa shape index (κ3) is 5.74. The van der Waals surface area contributed by atoms with Gasteiger partial charge in [0.2, 0.25) is 15.9 Å². The molecular formula is C23H26Cl2N2O5S. The van der Waals surface area contributed by atoms with Crippen LogP contribution in [0, 0.1) is 5.92 Å². The molecule has 2 heterocycles. The van der Waals surface area contributed by atoms with Gasteiger partial charge in [0.05, 0.1) is 11.8 Å². The highest BCUT2D eigenvalue weighted by molar-refractivity contribution is 7.88. The Kier molecular flexibility index (Phi) is 7.38. The van der Waals surface area contributed by atoms with Gasteiger partial charge in [-0.05, 0) is 55.2 Å². The van der Waals surface area contributed by atoms with E-state index in [-0.39, 0.29) is 23.6 Å². The Morgan fingerprint density at radius 1 is 1.09 bits per heavy atom. The van der Waals surface area contributed by atoms with Gasteiger partial charge in [0.15, 0.2) is 11.5 Å². The number of hydrogen-bond donors (Lipinski definition) is 1. The first-order valence-corrected chi connectivity index (χ1v) is 13.2. The second-order valence-electron chi connectivity index (χ2n) is 8.30. The van der Waals surface area contributed by atoms with E-state index >= 15 is 0 Å². The second-order valence-corrected chi connectivity index (χ2v) is 11.1. The van der Waals surface area contributed by atoms with Crippen LogP contribution in [0.3, 0.4) is 0 Å². The molecule has 1 amide bonds. The monoisotopic (exact) mass is 512 g/mol. The van der Waals surface area contributed by atoms with Crippen molar-refractivity contribution < 1.29 is 22.7 Å². The highest BCUT2D eigenvalue weighted by Gasteiger charge is 2.32. The minimum absolute atomic E-state index is 0.0739. The van der Waals surface area contributed by atoms with E-state index < -0.39 is 10.0 Å². The summed E-state index contributed by atoms with van der Waals surface area (Å²) in [5, 5.41) is 3.83. The van der Waals surface area contributed by atoms with Gasteiger partial charge in [-0.15, -0.1) is 0 Å². The number of nitrogens with zero attached hydrogens (tertiary/aromatic N) is 1. The van der Waals surface area contributed by atoms with Crippen LogP contribution in [0.4, 0.5) is 0 Å². The number of sulfonamides is 1. The highest BCUT2D eigenvalue weighted by atomic mass is 35.5. The molecule has 0 spiro atoms. The molecule has 2 aliphatic heterocycles. The first kappa shape index (κ1) is 24.1. The Hall–Kier alpha value is -2.00. The molecule has 4 rings (SSSR count). The van der Waals surface area contributed by atoms with Gasteiger partial charge in [-0.1, -0.05) is 35.3 Å². The van der Waals surface area contributed by atoms with Gasteiger partial charge in [0, 0.05) is 29.1 Å². The molecule has 178 valence electrons. The lowest BCUT2D eigenvalue weighted by Gasteiger charge is -2.31. The molecule has 7 nitrogen and oxygen atoms in total. The number of nitrogens with one attached hydrogen (secondary N) is 1. The topological polar surface area (TPSA) is 84.9 Å². The summed E-state index contributed by atoms with van der Waals surface area (Å²) >= 11 is 12.0. The maximum atomic E-state index is 12.9. The third-order valence-corrected chi connectivity index (χ3v) is 8.41. The predicted molar refractivity (Wildman–Crippen MR) is 127 cm³/mol. The number of fused-ring (bicyclic) bond motifs is 1. The molecule has 1 N–H and O–H groups in total. The molecule has 1 atom stereocenters. The van der Waals surface area contributed by atoms with Crippen molar-refractivity contribution in [1.82, 2.24) is 9.62 Å². The lowest BCUT2D eigenvalue weighted by atomic mass is 9.96. The van der Waals surface area contributed by atoms with Crippen LogP contribution in [-0.4, -0.2) is 44.9 Å². The summed E-state index contributed by atoms with van der Waals surface area (Å²) in [6.07, 6.45) is 0.931. The summed E-state index contributed by atoms with van der Waals surface area (Å²) in [7, 11) is -3.55. The maximum Gasteiger partial charge on any atom is 0.223 e. The number of ether oxygens (including phenoxy) is 2. The van der Waals surface area contributed by atoms with Crippen LogP contribution < -0.4 is 14.8 Å². The molecule has 10 heteroatoms. The summed E-state index contributed by atoms with van der Waals surface area (Å²) in [6.45, 7) is 3.54. The molecule has 33 heavy (non-hydrogen) atoms. The summed E-state index contributed by atoms with van der Waals surface area (Å²) in [4.78, 5) is 12.8. The molecule has 1 fully saturated rings. The van der Waals surface area contributed by atoms with E-state index in [1.165, 1.54) is 10.4 Å². The lowest BCUT2D eigenvalue weighted by molar-refractivity contribution is -0.126. The Morgan fingerprint density at radius 2 is 1.79 bits per heavy atom. The van der Waals surface area contributed by atoms with Crippen LogP contribution in [-0.2, 0) is 20.6 Å². The van der Waals surface area contributed by atoms with Crippen molar-refractivity contribution in [1.29, 1.82) is 0 Å². The van der Waals surface area contributed by atoms with Crippen molar-refractivity contribution in [3.8, 4) is 11.5 Å². The fourth-order valence-corrected chi connectivity index (χ4v) is 6.22. The van der Waals surface area contributed by atoms with Crippen molar-refractivity contribution in [3.05, 3.63) is 57.6 Å². The molecule has 0 aliphatic carbocycles. The number of halogens is 2. The van der Waals surface area contributed by atoms with Gasteiger partial charge in [-0.2, -0.15) is 0 Å². The van der Waals surface area contributed by atoms with Gasteiger partial charge in [-0.25, -0.2) is 12.7 Å². The van der Waals surface area contributed by atoms with Crippen LogP contribution in [0.1, 0.15) is 36.9 Å². The van der Waals surface area contributed by atoms with E-state index in [2.05, 4.69) is 5.32 Å². The van der Waals surface area contributed by atoms with Crippen molar-refractivity contribution in [3.63, 3.8) is 0 Å². The minimum Gasteiger partial charge on any atom is -0.486 e. The van der Waals surface area contributed by atoms with E-state index in [4.69, 9.17) is 32.7 Å². The normalized spacial score (nSPS) is 18.0. The van der Waals surface area contributed by atoms with Gasteiger partial charge >= 0.3 is 0 Å². The van der Waals surface area contributed by atoms with Crippen LogP contribution in [0.15, 0.2) is 36.4 Å². The standard InChI is InChI=1S/C23H26Cl2N2O5S/c1-15(17-3-5-21-22(12-17)32-11-10-31-21)26-23(28)16-6-8-27(9-7-16)33(29,30)14-18-2-4-19(24)13-20(18)25/h2-5,12-13,15-16H,6-11,14H2,1H3,(H,26,28)/t15-/m0/s1. The first-order valence-electron chi connectivity index (χ1n) is 10.8. The highest BCUT2D eigenvalue weighted by Crippen LogP contribution is 2.33. The Balaban J connectivity index is 1.32. The van der Waals surface area contributed by atoms with Gasteiger partial charge < -0.3 is 14.8 Å². The van der Waals surface area contributed by atoms with Crippen molar-refractivity contribution in [2.45, 2.75) is 31.6 Å². The molecule has 0 aromatic heterocycles. The Bertz CT molecular complexity index is 1130. The van der Waals surface area contributed by atoms with E-state index in [1.807, 2.05) is 25.1 Å². The van der Waals surface area contributed by atoms with Gasteiger partial charge in [0.1, 0.15) is 13.2 Å².